The molecule has 2 N–H and O–H groups in total. The minimum atomic E-state index is -1.17. The third kappa shape index (κ3) is 3.44. The summed E-state index contributed by atoms with van der Waals surface area (Å²) in [4.78, 5) is 34.3. The molecule has 1 aromatic carbocycles. The lowest BCUT2D eigenvalue weighted by Crippen LogP contribution is -2.18. The summed E-state index contributed by atoms with van der Waals surface area (Å²) in [6.45, 7) is 2.74. The maximum absolute atomic E-state index is 11.9. The summed E-state index contributed by atoms with van der Waals surface area (Å²) >= 11 is 0. The molecule has 106 valence electrons. The molecule has 1 aromatic rings. The van der Waals surface area contributed by atoms with Crippen molar-refractivity contribution in [2.45, 2.75) is 13.8 Å². The summed E-state index contributed by atoms with van der Waals surface area (Å²) in [5.74, 6) is -2.34. The molecule has 0 aliphatic heterocycles. The Morgan fingerprint density at radius 2 is 1.70 bits per heavy atom. The number of hydrogen-bond acceptors (Lipinski definition) is 4. The van der Waals surface area contributed by atoms with Crippen molar-refractivity contribution in [3.05, 3.63) is 41.0 Å². The third-order valence-electron chi connectivity index (χ3n) is 2.80. The van der Waals surface area contributed by atoms with E-state index in [1.54, 1.807) is 12.1 Å². The molecule has 0 heterocycles. The quantitative estimate of drug-likeness (QED) is 0.647. The van der Waals surface area contributed by atoms with Crippen LogP contribution in [0.1, 0.15) is 24.2 Å². The van der Waals surface area contributed by atoms with Crippen LogP contribution >= 0.6 is 0 Å². The monoisotopic (exact) mass is 277 g/mol. The highest BCUT2D eigenvalue weighted by molar-refractivity contribution is 6.10. The van der Waals surface area contributed by atoms with Crippen LogP contribution in [0.15, 0.2) is 35.4 Å². The fraction of sp³-hybridized carbons (Fsp3) is 0.214. The molecular formula is C14H15NO5. The number of amides is 1. The van der Waals surface area contributed by atoms with Crippen molar-refractivity contribution < 1.29 is 24.2 Å². The molecule has 0 spiro atoms. The Hall–Kier alpha value is -2.63. The molecule has 0 atom stereocenters. The average molecular weight is 277 g/mol. The van der Waals surface area contributed by atoms with Gasteiger partial charge in [-0.2, -0.15) is 0 Å². The van der Waals surface area contributed by atoms with Gasteiger partial charge in [0.1, 0.15) is 0 Å². The number of carbonyl (C=O) groups is 3. The molecule has 1 amide bonds. The van der Waals surface area contributed by atoms with Crippen LogP contribution in [0.4, 0.5) is 5.69 Å². The van der Waals surface area contributed by atoms with Crippen molar-refractivity contribution in [1.82, 2.24) is 0 Å². The summed E-state index contributed by atoms with van der Waals surface area (Å²) in [5, 5.41) is 11.3. The van der Waals surface area contributed by atoms with Gasteiger partial charge < -0.3 is 15.2 Å². The number of hydrogen-bond donors (Lipinski definition) is 2. The highest BCUT2D eigenvalue weighted by atomic mass is 16.5. The standard InChI is InChI=1S/C14H15NO5/c1-8(9(2)13(17)18)12(16)15-11-7-5-4-6-10(11)14(19)20-3/h4-7H,1-3H3,(H,15,16)(H,17,18). The van der Waals surface area contributed by atoms with Crippen LogP contribution in [-0.2, 0) is 14.3 Å². The molecule has 0 saturated carbocycles. The molecule has 20 heavy (non-hydrogen) atoms. The van der Waals surface area contributed by atoms with Crippen LogP contribution in [0.25, 0.3) is 0 Å². The lowest BCUT2D eigenvalue weighted by atomic mass is 10.1. The number of esters is 1. The van der Waals surface area contributed by atoms with Gasteiger partial charge >= 0.3 is 11.9 Å². The summed E-state index contributed by atoms with van der Waals surface area (Å²) < 4.78 is 4.61. The summed E-state index contributed by atoms with van der Waals surface area (Å²) in [6.07, 6.45) is 0. The number of anilines is 1. The number of ether oxygens (including phenoxy) is 1. The molecule has 6 heteroatoms. The van der Waals surface area contributed by atoms with Gasteiger partial charge in [0.05, 0.1) is 18.4 Å². The zero-order valence-corrected chi connectivity index (χ0v) is 11.4. The van der Waals surface area contributed by atoms with E-state index in [2.05, 4.69) is 10.1 Å². The Morgan fingerprint density at radius 1 is 1.10 bits per heavy atom. The molecule has 0 aliphatic rings. The van der Waals surface area contributed by atoms with E-state index in [9.17, 15) is 14.4 Å². The van der Waals surface area contributed by atoms with Crippen molar-refractivity contribution in [3.8, 4) is 0 Å². The minimum absolute atomic E-state index is 0.0574. The first-order valence-electron chi connectivity index (χ1n) is 5.78. The molecule has 1 rings (SSSR count). The summed E-state index contributed by atoms with van der Waals surface area (Å²) in [6, 6.07) is 6.32. The molecule has 0 saturated heterocycles. The SMILES string of the molecule is COC(=O)c1ccccc1NC(=O)C(C)=C(C)C(=O)O. The molecule has 0 fully saturated rings. The zero-order chi connectivity index (χ0) is 15.3. The lowest BCUT2D eigenvalue weighted by Gasteiger charge is -2.10. The van der Waals surface area contributed by atoms with E-state index in [-0.39, 0.29) is 22.4 Å². The van der Waals surface area contributed by atoms with E-state index in [0.717, 1.165) is 0 Å². The Balaban J connectivity index is 3.06. The van der Waals surface area contributed by atoms with Gasteiger partial charge in [-0.3, -0.25) is 4.79 Å². The Bertz CT molecular complexity index is 589. The molecule has 0 radical (unpaired) electrons. The first-order valence-corrected chi connectivity index (χ1v) is 5.78. The fourth-order valence-corrected chi connectivity index (χ4v) is 1.43. The zero-order valence-electron chi connectivity index (χ0n) is 11.4. The van der Waals surface area contributed by atoms with Crippen molar-refractivity contribution in [3.63, 3.8) is 0 Å². The van der Waals surface area contributed by atoms with Gasteiger partial charge in [0, 0.05) is 11.1 Å². The van der Waals surface area contributed by atoms with Crippen LogP contribution in [0, 0.1) is 0 Å². The van der Waals surface area contributed by atoms with Crippen LogP contribution < -0.4 is 5.32 Å². The number of benzene rings is 1. The smallest absolute Gasteiger partial charge is 0.339 e. The molecule has 0 aliphatic carbocycles. The number of carboxylic acids is 1. The van der Waals surface area contributed by atoms with Gasteiger partial charge in [0.2, 0.25) is 0 Å². The molecule has 0 bridgehead atoms. The molecule has 0 aromatic heterocycles. The largest absolute Gasteiger partial charge is 0.478 e. The van der Waals surface area contributed by atoms with Gasteiger partial charge in [0.25, 0.3) is 5.91 Å². The van der Waals surface area contributed by atoms with Crippen LogP contribution in [0.2, 0.25) is 0 Å². The number of carbonyl (C=O) groups excluding carboxylic acids is 2. The average Bonchev–Trinajstić information content (AvgIpc) is 2.45. The second kappa shape index (κ2) is 6.51. The summed E-state index contributed by atoms with van der Waals surface area (Å²) in [7, 11) is 1.24. The van der Waals surface area contributed by atoms with Gasteiger partial charge in [0.15, 0.2) is 0 Å². The maximum atomic E-state index is 11.9. The van der Waals surface area contributed by atoms with Crippen molar-refractivity contribution >= 4 is 23.5 Å². The number of nitrogens with one attached hydrogen (secondary N) is 1. The topological polar surface area (TPSA) is 92.7 Å². The number of methoxy groups -OCH3 is 1. The number of rotatable bonds is 4. The van der Waals surface area contributed by atoms with Gasteiger partial charge in [-0.05, 0) is 26.0 Å². The van der Waals surface area contributed by atoms with Gasteiger partial charge in [-0.15, -0.1) is 0 Å². The fourth-order valence-electron chi connectivity index (χ4n) is 1.43. The number of aliphatic carboxylic acids is 1. The molecule has 6 nitrogen and oxygen atoms in total. The van der Waals surface area contributed by atoms with Gasteiger partial charge in [-0.25, -0.2) is 9.59 Å². The predicted molar refractivity (Wildman–Crippen MR) is 72.4 cm³/mol. The van der Waals surface area contributed by atoms with Crippen molar-refractivity contribution in [1.29, 1.82) is 0 Å². The van der Waals surface area contributed by atoms with E-state index >= 15 is 0 Å². The number of para-hydroxylation sites is 1. The van der Waals surface area contributed by atoms with Gasteiger partial charge in [-0.1, -0.05) is 12.1 Å². The normalized spacial score (nSPS) is 11.3. The molecule has 0 unspecified atom stereocenters. The van der Waals surface area contributed by atoms with E-state index in [4.69, 9.17) is 5.11 Å². The van der Waals surface area contributed by atoms with E-state index in [1.807, 2.05) is 0 Å². The first-order chi connectivity index (χ1) is 9.38. The second-order valence-corrected chi connectivity index (χ2v) is 4.05. The predicted octanol–water partition coefficient (Wildman–Crippen LogP) is 1.83. The summed E-state index contributed by atoms with van der Waals surface area (Å²) in [5.41, 5.74) is 0.473. The molecular weight excluding hydrogens is 262 g/mol. The highest BCUT2D eigenvalue weighted by Gasteiger charge is 2.16. The van der Waals surface area contributed by atoms with Crippen LogP contribution in [0.3, 0.4) is 0 Å². The Morgan fingerprint density at radius 3 is 2.25 bits per heavy atom. The van der Waals surface area contributed by atoms with E-state index in [0.29, 0.717) is 0 Å². The number of carboxylic acid groups (broad SMARTS) is 1. The Labute approximate surface area is 116 Å². The van der Waals surface area contributed by atoms with Crippen molar-refractivity contribution in [2.75, 3.05) is 12.4 Å². The Kier molecular flexibility index (Phi) is 5.02. The van der Waals surface area contributed by atoms with Crippen molar-refractivity contribution in [2.24, 2.45) is 0 Å². The highest BCUT2D eigenvalue weighted by Crippen LogP contribution is 2.17. The second-order valence-electron chi connectivity index (χ2n) is 4.05. The maximum Gasteiger partial charge on any atom is 0.339 e. The lowest BCUT2D eigenvalue weighted by molar-refractivity contribution is -0.133. The van der Waals surface area contributed by atoms with Crippen LogP contribution in [-0.4, -0.2) is 30.1 Å². The van der Waals surface area contributed by atoms with E-state index < -0.39 is 17.8 Å². The first kappa shape index (κ1) is 15.4. The third-order valence-corrected chi connectivity index (χ3v) is 2.80. The van der Waals surface area contributed by atoms with Crippen LogP contribution in [0.5, 0.6) is 0 Å². The van der Waals surface area contributed by atoms with E-state index in [1.165, 1.54) is 33.1 Å². The minimum Gasteiger partial charge on any atom is -0.478 e.